The highest BCUT2D eigenvalue weighted by atomic mass is 35.5. The second kappa shape index (κ2) is 7.78. The molecule has 0 radical (unpaired) electrons. The van der Waals surface area contributed by atoms with Crippen molar-refractivity contribution < 1.29 is 13.2 Å². The summed E-state index contributed by atoms with van der Waals surface area (Å²) in [6.45, 7) is 2.29. The van der Waals surface area contributed by atoms with E-state index < -0.39 is 10.0 Å². The van der Waals surface area contributed by atoms with Crippen molar-refractivity contribution in [1.82, 2.24) is 4.31 Å². The van der Waals surface area contributed by atoms with Crippen molar-refractivity contribution in [3.63, 3.8) is 0 Å². The highest BCUT2D eigenvalue weighted by Crippen LogP contribution is 2.26. The first-order valence-electron chi connectivity index (χ1n) is 6.30. The van der Waals surface area contributed by atoms with Crippen molar-refractivity contribution >= 4 is 21.6 Å². The van der Waals surface area contributed by atoms with E-state index in [2.05, 4.69) is 11.8 Å². The predicted molar refractivity (Wildman–Crippen MR) is 83.7 cm³/mol. The van der Waals surface area contributed by atoms with Gasteiger partial charge in [0.15, 0.2) is 0 Å². The Hall–Kier alpha value is -1.10. The van der Waals surface area contributed by atoms with E-state index in [1.54, 1.807) is 13.0 Å². The van der Waals surface area contributed by atoms with Crippen LogP contribution in [0, 0.1) is 11.8 Å². The van der Waals surface area contributed by atoms with Crippen molar-refractivity contribution in [3.05, 3.63) is 28.8 Å². The van der Waals surface area contributed by atoms with Gasteiger partial charge in [-0.15, -0.1) is 0 Å². The van der Waals surface area contributed by atoms with Gasteiger partial charge in [-0.05, 0) is 25.1 Å². The zero-order valence-corrected chi connectivity index (χ0v) is 13.8. The maximum atomic E-state index is 12.5. The first-order valence-corrected chi connectivity index (χ1v) is 8.11. The van der Waals surface area contributed by atoms with Gasteiger partial charge in [-0.2, -0.15) is 4.31 Å². The molecule has 1 rings (SSSR count). The third kappa shape index (κ3) is 4.43. The zero-order valence-electron chi connectivity index (χ0n) is 12.3. The Bertz CT molecular complexity index is 650. The van der Waals surface area contributed by atoms with Crippen LogP contribution in [0.3, 0.4) is 0 Å². The normalized spacial score (nSPS) is 12.9. The van der Waals surface area contributed by atoms with Crippen molar-refractivity contribution in [2.75, 3.05) is 27.3 Å². The third-order valence-electron chi connectivity index (χ3n) is 2.95. The van der Waals surface area contributed by atoms with Crippen LogP contribution >= 0.6 is 11.6 Å². The lowest BCUT2D eigenvalue weighted by molar-refractivity contribution is 0.149. The van der Waals surface area contributed by atoms with Crippen LogP contribution in [0.15, 0.2) is 23.1 Å². The molecule has 21 heavy (non-hydrogen) atoms. The van der Waals surface area contributed by atoms with Gasteiger partial charge in [0, 0.05) is 25.8 Å². The number of nitrogens with two attached hydrogens (primary N) is 1. The second-order valence-corrected chi connectivity index (χ2v) is 6.85. The average molecular weight is 331 g/mol. The quantitative estimate of drug-likeness (QED) is 0.826. The van der Waals surface area contributed by atoms with Gasteiger partial charge in [0.05, 0.1) is 18.2 Å². The third-order valence-corrected chi connectivity index (χ3v) is 5.41. The fourth-order valence-corrected chi connectivity index (χ4v) is 3.54. The summed E-state index contributed by atoms with van der Waals surface area (Å²) in [4.78, 5) is 0.0490. The molecule has 0 bridgehead atoms. The second-order valence-electron chi connectivity index (χ2n) is 4.48. The van der Waals surface area contributed by atoms with Gasteiger partial charge in [0.25, 0.3) is 0 Å². The molecule has 0 saturated heterocycles. The number of rotatable bonds is 5. The van der Waals surface area contributed by atoms with E-state index in [1.807, 2.05) is 0 Å². The number of hydrogen-bond acceptors (Lipinski definition) is 4. The van der Waals surface area contributed by atoms with Crippen molar-refractivity contribution in [3.8, 4) is 11.8 Å². The van der Waals surface area contributed by atoms with Gasteiger partial charge >= 0.3 is 0 Å². The summed E-state index contributed by atoms with van der Waals surface area (Å²) in [6, 6.07) is 4.28. The number of sulfonamides is 1. The Morgan fingerprint density at radius 1 is 1.48 bits per heavy atom. The number of ether oxygens (including phenoxy) is 1. The van der Waals surface area contributed by atoms with Crippen LogP contribution in [0.2, 0.25) is 5.02 Å². The maximum Gasteiger partial charge on any atom is 0.244 e. The van der Waals surface area contributed by atoms with Crippen LogP contribution in [0.25, 0.3) is 0 Å². The first-order chi connectivity index (χ1) is 9.84. The number of halogens is 1. The molecule has 1 aromatic carbocycles. The van der Waals surface area contributed by atoms with Gasteiger partial charge < -0.3 is 10.5 Å². The number of nitrogens with zero attached hydrogens (tertiary/aromatic N) is 1. The molecule has 0 aliphatic rings. The Balaban J connectivity index is 3.15. The lowest BCUT2D eigenvalue weighted by Gasteiger charge is -2.24. The summed E-state index contributed by atoms with van der Waals surface area (Å²) in [6.07, 6.45) is 0. The molecule has 1 aromatic rings. The molecule has 0 aromatic heterocycles. The van der Waals surface area contributed by atoms with E-state index >= 15 is 0 Å². The van der Waals surface area contributed by atoms with Crippen LogP contribution in [0.5, 0.6) is 0 Å². The number of methoxy groups -OCH3 is 1. The fourth-order valence-electron chi connectivity index (χ4n) is 1.68. The molecule has 7 heteroatoms. The van der Waals surface area contributed by atoms with Crippen LogP contribution in [0.1, 0.15) is 12.5 Å². The van der Waals surface area contributed by atoms with Crippen LogP contribution in [-0.4, -0.2) is 46.1 Å². The summed E-state index contributed by atoms with van der Waals surface area (Å²) in [5.41, 5.74) is 5.92. The Kier molecular flexibility index (Phi) is 6.65. The molecule has 1 unspecified atom stereocenters. The van der Waals surface area contributed by atoms with E-state index in [4.69, 9.17) is 22.1 Å². The van der Waals surface area contributed by atoms with Crippen molar-refractivity contribution in [2.24, 2.45) is 5.73 Å². The molecule has 116 valence electrons. The molecule has 0 amide bonds. The largest absolute Gasteiger partial charge is 0.383 e. The standard InChI is InChI=1S/C14H19ClN2O3S/c1-11(10-20-3)17(2)21(18,19)14-7-6-12(5-4-8-16)9-13(14)15/h6-7,9,11H,8,10,16H2,1-3H3. The van der Waals surface area contributed by atoms with Crippen LogP contribution in [0.4, 0.5) is 0 Å². The first kappa shape index (κ1) is 18.0. The average Bonchev–Trinajstić information content (AvgIpc) is 2.44. The molecular formula is C14H19ClN2O3S. The minimum Gasteiger partial charge on any atom is -0.383 e. The van der Waals surface area contributed by atoms with E-state index in [0.717, 1.165) is 0 Å². The van der Waals surface area contributed by atoms with Gasteiger partial charge in [0.2, 0.25) is 10.0 Å². The monoisotopic (exact) mass is 330 g/mol. The highest BCUT2D eigenvalue weighted by molar-refractivity contribution is 7.89. The molecule has 0 heterocycles. The van der Waals surface area contributed by atoms with E-state index in [1.165, 1.54) is 30.6 Å². The number of benzene rings is 1. The molecule has 0 aliphatic heterocycles. The summed E-state index contributed by atoms with van der Waals surface area (Å²) in [7, 11) is -0.660. The fraction of sp³-hybridized carbons (Fsp3) is 0.429. The molecule has 2 N–H and O–H groups in total. The predicted octanol–water partition coefficient (Wildman–Crippen LogP) is 1.31. The Morgan fingerprint density at radius 3 is 2.67 bits per heavy atom. The van der Waals surface area contributed by atoms with Gasteiger partial charge in [0.1, 0.15) is 4.90 Å². The number of likely N-dealkylation sites (N-methyl/N-ethyl adjacent to an activating group) is 1. The molecule has 0 spiro atoms. The van der Waals surface area contributed by atoms with Crippen LogP contribution in [-0.2, 0) is 14.8 Å². The Morgan fingerprint density at radius 2 is 2.14 bits per heavy atom. The van der Waals surface area contributed by atoms with E-state index in [9.17, 15) is 8.42 Å². The minimum atomic E-state index is -3.68. The number of hydrogen-bond donors (Lipinski definition) is 1. The van der Waals surface area contributed by atoms with Gasteiger partial charge in [-0.3, -0.25) is 0 Å². The van der Waals surface area contributed by atoms with Gasteiger partial charge in [-0.25, -0.2) is 8.42 Å². The van der Waals surface area contributed by atoms with Crippen LogP contribution < -0.4 is 5.73 Å². The lowest BCUT2D eigenvalue weighted by atomic mass is 10.2. The molecule has 0 aliphatic carbocycles. The topological polar surface area (TPSA) is 72.6 Å². The summed E-state index contributed by atoms with van der Waals surface area (Å²) < 4.78 is 31.3. The van der Waals surface area contributed by atoms with E-state index in [0.29, 0.717) is 12.2 Å². The molecular weight excluding hydrogens is 312 g/mol. The molecule has 0 fully saturated rings. The summed E-state index contributed by atoms with van der Waals surface area (Å²) >= 11 is 6.08. The zero-order chi connectivity index (χ0) is 16.0. The van der Waals surface area contributed by atoms with E-state index in [-0.39, 0.29) is 22.5 Å². The smallest absolute Gasteiger partial charge is 0.244 e. The van der Waals surface area contributed by atoms with Crippen molar-refractivity contribution in [1.29, 1.82) is 0 Å². The highest BCUT2D eigenvalue weighted by Gasteiger charge is 2.27. The minimum absolute atomic E-state index is 0.0490. The summed E-state index contributed by atoms with van der Waals surface area (Å²) in [5, 5.41) is 0.135. The molecule has 0 saturated carbocycles. The SMILES string of the molecule is COCC(C)N(C)S(=O)(=O)c1ccc(C#CCN)cc1Cl. The van der Waals surface area contributed by atoms with Crippen molar-refractivity contribution in [2.45, 2.75) is 17.9 Å². The lowest BCUT2D eigenvalue weighted by Crippen LogP contribution is -2.37. The Labute approximate surface area is 131 Å². The van der Waals surface area contributed by atoms with Gasteiger partial charge in [-0.1, -0.05) is 23.4 Å². The molecule has 1 atom stereocenters. The maximum absolute atomic E-state index is 12.5. The summed E-state index contributed by atoms with van der Waals surface area (Å²) in [5.74, 6) is 5.50. The molecule has 5 nitrogen and oxygen atoms in total.